The minimum atomic E-state index is -0.214. The highest BCUT2D eigenvalue weighted by molar-refractivity contribution is 5.93. The average molecular weight is 438 g/mol. The standard InChI is InChI=1S/C22H26N6O4/c1-15-13-19(26-32-15)22(30)28-11-9-27(10-12-28)8-7-23-21(29)18-14-17(24-25-18)16-5-3-4-6-20(16)31-2/h3-6,13-14H,7-12H2,1-2H3,(H,23,29)(H,24,25). The van der Waals surface area contributed by atoms with Crippen LogP contribution >= 0.6 is 0 Å². The lowest BCUT2D eigenvalue weighted by Gasteiger charge is -2.34. The molecule has 1 fully saturated rings. The number of hydrogen-bond acceptors (Lipinski definition) is 7. The van der Waals surface area contributed by atoms with Gasteiger partial charge in [-0.25, -0.2) is 0 Å². The van der Waals surface area contributed by atoms with Gasteiger partial charge in [0.05, 0.1) is 12.8 Å². The number of para-hydroxylation sites is 1. The fourth-order valence-corrected chi connectivity index (χ4v) is 3.66. The number of aryl methyl sites for hydroxylation is 1. The molecule has 10 heteroatoms. The second-order valence-corrected chi connectivity index (χ2v) is 7.58. The number of aromatic nitrogens is 3. The third-order valence-electron chi connectivity index (χ3n) is 5.43. The molecule has 1 aliphatic heterocycles. The third-order valence-corrected chi connectivity index (χ3v) is 5.43. The van der Waals surface area contributed by atoms with Crippen LogP contribution in [0.3, 0.4) is 0 Å². The molecule has 2 amide bonds. The lowest BCUT2D eigenvalue weighted by Crippen LogP contribution is -2.50. The molecule has 0 atom stereocenters. The Bertz CT molecular complexity index is 1080. The molecule has 0 unspecified atom stereocenters. The lowest BCUT2D eigenvalue weighted by molar-refractivity contribution is 0.0628. The van der Waals surface area contributed by atoms with Crippen molar-refractivity contribution in [1.29, 1.82) is 0 Å². The van der Waals surface area contributed by atoms with Crippen molar-refractivity contribution in [3.63, 3.8) is 0 Å². The van der Waals surface area contributed by atoms with Gasteiger partial charge in [-0.2, -0.15) is 5.10 Å². The Labute approximate surface area is 185 Å². The summed E-state index contributed by atoms with van der Waals surface area (Å²) in [7, 11) is 1.60. The Hall–Kier alpha value is -3.66. The topological polar surface area (TPSA) is 117 Å². The summed E-state index contributed by atoms with van der Waals surface area (Å²) in [5.74, 6) is 0.992. The van der Waals surface area contributed by atoms with Gasteiger partial charge in [-0.1, -0.05) is 17.3 Å². The quantitative estimate of drug-likeness (QED) is 0.575. The number of amides is 2. The van der Waals surface area contributed by atoms with Gasteiger partial charge >= 0.3 is 0 Å². The molecule has 0 bridgehead atoms. The third kappa shape index (κ3) is 4.80. The Morgan fingerprint density at radius 3 is 2.69 bits per heavy atom. The highest BCUT2D eigenvalue weighted by atomic mass is 16.5. The summed E-state index contributed by atoms with van der Waals surface area (Å²) in [5, 5.41) is 13.7. The van der Waals surface area contributed by atoms with Crippen LogP contribution in [0.15, 0.2) is 40.9 Å². The van der Waals surface area contributed by atoms with Crippen molar-refractivity contribution in [2.24, 2.45) is 0 Å². The molecule has 3 heterocycles. The molecule has 3 aromatic rings. The molecule has 4 rings (SSSR count). The Balaban J connectivity index is 1.23. The van der Waals surface area contributed by atoms with Crippen LogP contribution in [0.1, 0.15) is 26.7 Å². The molecule has 32 heavy (non-hydrogen) atoms. The van der Waals surface area contributed by atoms with E-state index in [1.165, 1.54) is 0 Å². The van der Waals surface area contributed by atoms with E-state index in [1.54, 1.807) is 31.1 Å². The molecule has 168 valence electrons. The van der Waals surface area contributed by atoms with E-state index in [9.17, 15) is 9.59 Å². The van der Waals surface area contributed by atoms with Gasteiger partial charge in [0.2, 0.25) is 0 Å². The van der Waals surface area contributed by atoms with Gasteiger partial charge in [-0.15, -0.1) is 0 Å². The summed E-state index contributed by atoms with van der Waals surface area (Å²) >= 11 is 0. The van der Waals surface area contributed by atoms with Crippen molar-refractivity contribution in [3.8, 4) is 17.0 Å². The number of nitrogens with one attached hydrogen (secondary N) is 2. The minimum Gasteiger partial charge on any atom is -0.496 e. The SMILES string of the molecule is COc1ccccc1-c1cc(C(=O)NCCN2CCN(C(=O)c3cc(C)on3)CC2)[nH]n1. The largest absolute Gasteiger partial charge is 0.496 e. The maximum atomic E-state index is 12.5. The van der Waals surface area contributed by atoms with Gasteiger partial charge in [0.25, 0.3) is 11.8 Å². The minimum absolute atomic E-state index is 0.111. The molecular formula is C22H26N6O4. The van der Waals surface area contributed by atoms with Crippen molar-refractivity contribution in [2.45, 2.75) is 6.92 Å². The zero-order chi connectivity index (χ0) is 22.5. The molecule has 2 aromatic heterocycles. The molecule has 1 aromatic carbocycles. The monoisotopic (exact) mass is 438 g/mol. The first-order valence-corrected chi connectivity index (χ1v) is 10.5. The zero-order valence-electron chi connectivity index (χ0n) is 18.1. The van der Waals surface area contributed by atoms with Crippen molar-refractivity contribution in [2.75, 3.05) is 46.4 Å². The fourth-order valence-electron chi connectivity index (χ4n) is 3.66. The molecule has 0 aliphatic carbocycles. The highest BCUT2D eigenvalue weighted by Crippen LogP contribution is 2.28. The zero-order valence-corrected chi connectivity index (χ0v) is 18.1. The number of aromatic amines is 1. The van der Waals surface area contributed by atoms with Crippen LogP contribution in [0.5, 0.6) is 5.75 Å². The molecule has 0 saturated carbocycles. The number of benzene rings is 1. The van der Waals surface area contributed by atoms with E-state index >= 15 is 0 Å². The van der Waals surface area contributed by atoms with Gasteiger partial charge in [-0.3, -0.25) is 19.6 Å². The molecule has 0 radical (unpaired) electrons. The first-order chi connectivity index (χ1) is 15.5. The average Bonchev–Trinajstić information content (AvgIpc) is 3.48. The number of piperazine rings is 1. The molecular weight excluding hydrogens is 412 g/mol. The smallest absolute Gasteiger partial charge is 0.276 e. The summed E-state index contributed by atoms with van der Waals surface area (Å²) in [6.45, 7) is 5.66. The second-order valence-electron chi connectivity index (χ2n) is 7.58. The maximum Gasteiger partial charge on any atom is 0.276 e. The number of ether oxygens (including phenoxy) is 1. The van der Waals surface area contributed by atoms with Gasteiger partial charge in [0.15, 0.2) is 5.69 Å². The number of rotatable bonds is 7. The predicted octanol–water partition coefficient (Wildman–Crippen LogP) is 1.57. The van der Waals surface area contributed by atoms with Crippen molar-refractivity contribution >= 4 is 11.8 Å². The molecule has 1 saturated heterocycles. The number of H-pyrrole nitrogens is 1. The summed E-state index contributed by atoms with van der Waals surface area (Å²) in [5.41, 5.74) is 2.20. The van der Waals surface area contributed by atoms with Crippen molar-refractivity contribution < 1.29 is 18.8 Å². The number of methoxy groups -OCH3 is 1. The molecule has 10 nitrogen and oxygen atoms in total. The van der Waals surface area contributed by atoms with Crippen LogP contribution in [0.25, 0.3) is 11.3 Å². The van der Waals surface area contributed by atoms with Crippen LogP contribution in [-0.4, -0.2) is 83.3 Å². The van der Waals surface area contributed by atoms with Crippen LogP contribution in [0.2, 0.25) is 0 Å². The summed E-state index contributed by atoms with van der Waals surface area (Å²) < 4.78 is 10.3. The summed E-state index contributed by atoms with van der Waals surface area (Å²) in [6, 6.07) is 10.9. The maximum absolute atomic E-state index is 12.5. The van der Waals surface area contributed by atoms with Gasteiger partial charge in [-0.05, 0) is 25.1 Å². The first-order valence-electron chi connectivity index (χ1n) is 10.5. The first kappa shape index (κ1) is 21.6. The van der Waals surface area contributed by atoms with E-state index in [0.717, 1.165) is 18.7 Å². The predicted molar refractivity (Wildman–Crippen MR) is 116 cm³/mol. The number of carbonyl (C=O) groups excluding carboxylic acids is 2. The van der Waals surface area contributed by atoms with Gasteiger partial charge in [0, 0.05) is 50.9 Å². The second kappa shape index (κ2) is 9.65. The molecule has 1 aliphatic rings. The van der Waals surface area contributed by atoms with E-state index in [0.29, 0.717) is 54.8 Å². The lowest BCUT2D eigenvalue weighted by atomic mass is 10.1. The normalized spacial score (nSPS) is 14.4. The Kier molecular flexibility index (Phi) is 6.50. The Morgan fingerprint density at radius 1 is 1.19 bits per heavy atom. The number of hydrogen-bond donors (Lipinski definition) is 2. The highest BCUT2D eigenvalue weighted by Gasteiger charge is 2.24. The van der Waals surface area contributed by atoms with Crippen LogP contribution in [0, 0.1) is 6.92 Å². The van der Waals surface area contributed by atoms with Crippen molar-refractivity contribution in [1.82, 2.24) is 30.5 Å². The molecule has 2 N–H and O–H groups in total. The molecule has 0 spiro atoms. The van der Waals surface area contributed by atoms with Crippen LogP contribution in [0.4, 0.5) is 0 Å². The van der Waals surface area contributed by atoms with Crippen LogP contribution in [-0.2, 0) is 0 Å². The number of carbonyl (C=O) groups is 2. The van der Waals surface area contributed by atoms with E-state index in [2.05, 4.69) is 25.6 Å². The summed E-state index contributed by atoms with van der Waals surface area (Å²) in [4.78, 5) is 28.9. The summed E-state index contributed by atoms with van der Waals surface area (Å²) in [6.07, 6.45) is 0. The fraction of sp³-hybridized carbons (Fsp3) is 0.364. The van der Waals surface area contributed by atoms with E-state index < -0.39 is 0 Å². The van der Waals surface area contributed by atoms with E-state index in [1.807, 2.05) is 24.3 Å². The van der Waals surface area contributed by atoms with E-state index in [-0.39, 0.29) is 11.8 Å². The van der Waals surface area contributed by atoms with E-state index in [4.69, 9.17) is 9.26 Å². The van der Waals surface area contributed by atoms with Crippen molar-refractivity contribution in [3.05, 3.63) is 53.5 Å². The van der Waals surface area contributed by atoms with Gasteiger partial charge < -0.3 is 19.5 Å². The van der Waals surface area contributed by atoms with Crippen LogP contribution < -0.4 is 10.1 Å². The number of nitrogens with zero attached hydrogens (tertiary/aromatic N) is 4. The van der Waals surface area contributed by atoms with Gasteiger partial charge in [0.1, 0.15) is 17.2 Å². The Morgan fingerprint density at radius 2 is 1.97 bits per heavy atom.